The fourth-order valence-electron chi connectivity index (χ4n) is 3.07. The van der Waals surface area contributed by atoms with Gasteiger partial charge in [-0.2, -0.15) is 0 Å². The maximum Gasteiger partial charge on any atom is 0.340 e. The van der Waals surface area contributed by atoms with Gasteiger partial charge in [0.2, 0.25) is 0 Å². The molecule has 0 amide bonds. The van der Waals surface area contributed by atoms with E-state index in [1.165, 1.54) is 0 Å². The first-order valence-electron chi connectivity index (χ1n) is 7.89. The number of benzene rings is 1. The smallest absolute Gasteiger partial charge is 0.340 e. The Labute approximate surface area is 135 Å². The van der Waals surface area contributed by atoms with E-state index in [9.17, 15) is 9.90 Å². The van der Waals surface area contributed by atoms with E-state index in [0.717, 1.165) is 29.7 Å². The summed E-state index contributed by atoms with van der Waals surface area (Å²) in [6.07, 6.45) is 0. The highest BCUT2D eigenvalue weighted by molar-refractivity contribution is 6.06. The molecule has 0 radical (unpaired) electrons. The second kappa shape index (κ2) is 6.60. The number of phenolic OH excluding ortho intramolecular Hbond substituents is 1. The Morgan fingerprint density at radius 2 is 2.09 bits per heavy atom. The molecule has 0 aliphatic carbocycles. The predicted molar refractivity (Wildman–Crippen MR) is 86.6 cm³/mol. The van der Waals surface area contributed by atoms with Crippen LogP contribution in [0, 0.1) is 0 Å². The lowest BCUT2D eigenvalue weighted by atomic mass is 10.1. The third-order valence-electron chi connectivity index (χ3n) is 4.26. The monoisotopic (exact) mass is 318 g/mol. The quantitative estimate of drug-likeness (QED) is 0.872. The summed E-state index contributed by atoms with van der Waals surface area (Å²) in [5, 5.41) is 10.5. The summed E-state index contributed by atoms with van der Waals surface area (Å²) in [6.45, 7) is 5.87. The number of carbonyl (C=O) groups is 1. The first-order valence-corrected chi connectivity index (χ1v) is 7.89. The number of nitrogens with zero attached hydrogens (tertiary/aromatic N) is 2. The van der Waals surface area contributed by atoms with Crippen LogP contribution in [0.3, 0.4) is 0 Å². The summed E-state index contributed by atoms with van der Waals surface area (Å²) >= 11 is 0. The Balaban J connectivity index is 2.08. The van der Waals surface area contributed by atoms with Crippen LogP contribution >= 0.6 is 0 Å². The van der Waals surface area contributed by atoms with E-state index in [0.29, 0.717) is 31.9 Å². The number of aromatic hydroxyl groups is 1. The summed E-state index contributed by atoms with van der Waals surface area (Å²) in [5.41, 5.74) is 2.37. The van der Waals surface area contributed by atoms with E-state index in [4.69, 9.17) is 9.47 Å². The molecule has 1 N–H and O–H groups in total. The minimum Gasteiger partial charge on any atom is -0.508 e. The Morgan fingerprint density at radius 3 is 2.78 bits per heavy atom. The van der Waals surface area contributed by atoms with Crippen LogP contribution < -0.4 is 0 Å². The standard InChI is InChI=1S/C17H22N2O4/c1-3-23-17(21)16-13-10-12(20)4-5-14(13)18(2)15(16)11-19-6-8-22-9-7-19/h4-5,10,20H,3,6-9,11H2,1-2H3. The highest BCUT2D eigenvalue weighted by Gasteiger charge is 2.24. The first-order chi connectivity index (χ1) is 11.1. The molecule has 0 saturated carbocycles. The molecule has 124 valence electrons. The number of hydrogen-bond donors (Lipinski definition) is 1. The van der Waals surface area contributed by atoms with Gasteiger partial charge in [0.15, 0.2) is 0 Å². The Bertz CT molecular complexity index is 717. The van der Waals surface area contributed by atoms with Crippen molar-refractivity contribution in [1.29, 1.82) is 0 Å². The van der Waals surface area contributed by atoms with Crippen LogP contribution in [0.4, 0.5) is 0 Å². The van der Waals surface area contributed by atoms with Gasteiger partial charge in [0.05, 0.1) is 25.4 Å². The lowest BCUT2D eigenvalue weighted by Gasteiger charge is -2.27. The van der Waals surface area contributed by atoms with Crippen LogP contribution in [0.2, 0.25) is 0 Å². The molecule has 1 saturated heterocycles. The molecule has 2 aromatic rings. The van der Waals surface area contributed by atoms with Crippen LogP contribution in [-0.4, -0.2) is 53.5 Å². The van der Waals surface area contributed by atoms with Crippen molar-refractivity contribution in [3.05, 3.63) is 29.5 Å². The second-order valence-corrected chi connectivity index (χ2v) is 5.69. The van der Waals surface area contributed by atoms with Gasteiger partial charge in [-0.1, -0.05) is 0 Å². The predicted octanol–water partition coefficient (Wildman–Crippen LogP) is 1.89. The van der Waals surface area contributed by atoms with Crippen molar-refractivity contribution in [2.45, 2.75) is 13.5 Å². The molecule has 2 heterocycles. The van der Waals surface area contributed by atoms with E-state index in [1.807, 2.05) is 17.7 Å². The Kier molecular flexibility index (Phi) is 4.54. The van der Waals surface area contributed by atoms with Crippen LogP contribution in [0.25, 0.3) is 10.9 Å². The normalized spacial score (nSPS) is 15.9. The molecule has 23 heavy (non-hydrogen) atoms. The molecule has 0 unspecified atom stereocenters. The minimum absolute atomic E-state index is 0.145. The molecule has 1 aliphatic rings. The average Bonchev–Trinajstić information content (AvgIpc) is 2.80. The second-order valence-electron chi connectivity index (χ2n) is 5.69. The first kappa shape index (κ1) is 15.8. The van der Waals surface area contributed by atoms with E-state index in [1.54, 1.807) is 19.1 Å². The molecule has 0 atom stereocenters. The number of carbonyl (C=O) groups excluding carboxylic acids is 1. The molecule has 6 nitrogen and oxygen atoms in total. The Morgan fingerprint density at radius 1 is 1.35 bits per heavy atom. The van der Waals surface area contributed by atoms with E-state index >= 15 is 0 Å². The van der Waals surface area contributed by atoms with Crippen LogP contribution in [0.5, 0.6) is 5.75 Å². The van der Waals surface area contributed by atoms with Gasteiger partial charge in [0, 0.05) is 43.3 Å². The van der Waals surface area contributed by atoms with Crippen molar-refractivity contribution in [2.75, 3.05) is 32.9 Å². The summed E-state index contributed by atoms with van der Waals surface area (Å²) in [7, 11) is 1.94. The van der Waals surface area contributed by atoms with Gasteiger partial charge in [0.1, 0.15) is 5.75 Å². The molecule has 1 aromatic carbocycles. The number of hydrogen-bond acceptors (Lipinski definition) is 5. The van der Waals surface area contributed by atoms with Crippen molar-refractivity contribution in [2.24, 2.45) is 7.05 Å². The molecule has 6 heteroatoms. The number of esters is 1. The van der Waals surface area contributed by atoms with Crippen molar-refractivity contribution in [3.8, 4) is 5.75 Å². The molecule has 1 aliphatic heterocycles. The Hall–Kier alpha value is -2.05. The zero-order valence-electron chi connectivity index (χ0n) is 13.5. The molecule has 3 rings (SSSR count). The van der Waals surface area contributed by atoms with Crippen molar-refractivity contribution in [3.63, 3.8) is 0 Å². The van der Waals surface area contributed by atoms with Gasteiger partial charge in [-0.3, -0.25) is 4.90 Å². The number of phenols is 1. The molecule has 1 aromatic heterocycles. The average molecular weight is 318 g/mol. The van der Waals surface area contributed by atoms with Crippen LogP contribution in [-0.2, 0) is 23.1 Å². The number of ether oxygens (including phenoxy) is 2. The van der Waals surface area contributed by atoms with Gasteiger partial charge in [-0.15, -0.1) is 0 Å². The minimum atomic E-state index is -0.341. The third kappa shape index (κ3) is 3.04. The van der Waals surface area contributed by atoms with Crippen LogP contribution in [0.15, 0.2) is 18.2 Å². The van der Waals surface area contributed by atoms with E-state index in [2.05, 4.69) is 4.90 Å². The highest BCUT2D eigenvalue weighted by atomic mass is 16.5. The number of aromatic nitrogens is 1. The zero-order chi connectivity index (χ0) is 16.4. The lowest BCUT2D eigenvalue weighted by molar-refractivity contribution is 0.0328. The molecular weight excluding hydrogens is 296 g/mol. The highest BCUT2D eigenvalue weighted by Crippen LogP contribution is 2.30. The van der Waals surface area contributed by atoms with Gasteiger partial charge in [-0.25, -0.2) is 4.79 Å². The maximum atomic E-state index is 12.5. The van der Waals surface area contributed by atoms with Crippen molar-refractivity contribution < 1.29 is 19.4 Å². The van der Waals surface area contributed by atoms with Gasteiger partial charge < -0.3 is 19.1 Å². The lowest BCUT2D eigenvalue weighted by Crippen LogP contribution is -2.36. The van der Waals surface area contributed by atoms with Crippen molar-refractivity contribution >= 4 is 16.9 Å². The summed E-state index contributed by atoms with van der Waals surface area (Å²) < 4.78 is 12.6. The number of rotatable bonds is 4. The molecular formula is C17H22N2O4. The summed E-state index contributed by atoms with van der Waals surface area (Å²) in [5.74, 6) is -0.196. The molecule has 0 spiro atoms. The largest absolute Gasteiger partial charge is 0.508 e. The van der Waals surface area contributed by atoms with E-state index in [-0.39, 0.29) is 11.7 Å². The zero-order valence-corrected chi connectivity index (χ0v) is 13.5. The van der Waals surface area contributed by atoms with E-state index < -0.39 is 0 Å². The molecule has 1 fully saturated rings. The van der Waals surface area contributed by atoms with Gasteiger partial charge in [0.25, 0.3) is 0 Å². The number of morpholine rings is 1. The fraction of sp³-hybridized carbons (Fsp3) is 0.471. The number of fused-ring (bicyclic) bond motifs is 1. The van der Waals surface area contributed by atoms with Crippen molar-refractivity contribution in [1.82, 2.24) is 9.47 Å². The van der Waals surface area contributed by atoms with Gasteiger partial charge in [-0.05, 0) is 25.1 Å². The summed E-state index contributed by atoms with van der Waals surface area (Å²) in [6, 6.07) is 5.09. The fourth-order valence-corrected chi connectivity index (χ4v) is 3.07. The topological polar surface area (TPSA) is 63.9 Å². The third-order valence-corrected chi connectivity index (χ3v) is 4.26. The summed E-state index contributed by atoms with van der Waals surface area (Å²) in [4.78, 5) is 14.7. The molecule has 0 bridgehead atoms. The maximum absolute atomic E-state index is 12.5. The number of aryl methyl sites for hydroxylation is 1. The SMILES string of the molecule is CCOC(=O)c1c(CN2CCOCC2)n(C)c2ccc(O)cc12. The van der Waals surface area contributed by atoms with Crippen LogP contribution in [0.1, 0.15) is 23.0 Å². The van der Waals surface area contributed by atoms with Gasteiger partial charge >= 0.3 is 5.97 Å².